The van der Waals surface area contributed by atoms with Gasteiger partial charge >= 0.3 is 5.97 Å². The van der Waals surface area contributed by atoms with Crippen LogP contribution in [0.4, 0.5) is 11.4 Å². The predicted octanol–water partition coefficient (Wildman–Crippen LogP) is 1.11. The first-order valence-electron chi connectivity index (χ1n) is 4.38. The number of esters is 1. The van der Waals surface area contributed by atoms with Gasteiger partial charge in [0.2, 0.25) is 0 Å². The smallest absolute Gasteiger partial charge is 0.341 e. The van der Waals surface area contributed by atoms with Crippen molar-refractivity contribution in [1.82, 2.24) is 0 Å². The summed E-state index contributed by atoms with van der Waals surface area (Å²) in [5.41, 5.74) is 7.22. The second-order valence-electron chi connectivity index (χ2n) is 2.85. The molecule has 15 heavy (non-hydrogen) atoms. The Kier molecular flexibility index (Phi) is 3.38. The van der Waals surface area contributed by atoms with Crippen LogP contribution in [0.25, 0.3) is 0 Å². The molecular weight excluding hydrogens is 196 g/mol. The molecule has 0 unspecified atom stereocenters. The lowest BCUT2D eigenvalue weighted by molar-refractivity contribution is 0.0597. The number of hydrogen-bond acceptors (Lipinski definition) is 5. The maximum atomic E-state index is 11.4. The van der Waals surface area contributed by atoms with Gasteiger partial charge in [0.25, 0.3) is 0 Å². The third-order valence-electron chi connectivity index (χ3n) is 2.07. The molecule has 0 radical (unpaired) electrons. The van der Waals surface area contributed by atoms with Crippen molar-refractivity contribution in [2.45, 2.75) is 0 Å². The van der Waals surface area contributed by atoms with Gasteiger partial charge in [0, 0.05) is 7.05 Å². The van der Waals surface area contributed by atoms with E-state index in [1.165, 1.54) is 14.2 Å². The number of nitrogens with two attached hydrogens (primary N) is 1. The monoisotopic (exact) mass is 210 g/mol. The third kappa shape index (κ3) is 1.96. The van der Waals surface area contributed by atoms with Crippen molar-refractivity contribution in [2.75, 3.05) is 32.3 Å². The Morgan fingerprint density at radius 3 is 2.53 bits per heavy atom. The molecule has 0 aliphatic heterocycles. The van der Waals surface area contributed by atoms with E-state index in [1.54, 1.807) is 19.2 Å². The predicted molar refractivity (Wildman–Crippen MR) is 58.3 cm³/mol. The molecule has 0 fully saturated rings. The molecule has 1 aromatic carbocycles. The molecule has 0 spiro atoms. The van der Waals surface area contributed by atoms with E-state index in [0.29, 0.717) is 22.7 Å². The normalized spacial score (nSPS) is 9.53. The van der Waals surface area contributed by atoms with Crippen molar-refractivity contribution in [3.05, 3.63) is 17.7 Å². The number of benzene rings is 1. The maximum absolute atomic E-state index is 11.4. The molecule has 0 atom stereocenters. The van der Waals surface area contributed by atoms with Gasteiger partial charge in [0.15, 0.2) is 5.75 Å². The van der Waals surface area contributed by atoms with Gasteiger partial charge in [0.1, 0.15) is 5.56 Å². The van der Waals surface area contributed by atoms with Gasteiger partial charge in [-0.1, -0.05) is 0 Å². The number of nitrogens with one attached hydrogen (secondary N) is 1. The first-order chi connectivity index (χ1) is 7.15. The second kappa shape index (κ2) is 4.54. The van der Waals surface area contributed by atoms with Crippen LogP contribution in [0.5, 0.6) is 5.75 Å². The van der Waals surface area contributed by atoms with E-state index in [4.69, 9.17) is 10.5 Å². The van der Waals surface area contributed by atoms with Crippen molar-refractivity contribution < 1.29 is 14.3 Å². The van der Waals surface area contributed by atoms with E-state index < -0.39 is 5.97 Å². The Balaban J connectivity index is 3.30. The third-order valence-corrected chi connectivity index (χ3v) is 2.07. The van der Waals surface area contributed by atoms with Gasteiger partial charge in [0.05, 0.1) is 25.6 Å². The summed E-state index contributed by atoms with van der Waals surface area (Å²) in [7, 11) is 4.50. The molecule has 3 N–H and O–H groups in total. The fraction of sp³-hybridized carbons (Fsp3) is 0.300. The number of nitrogen functional groups attached to an aromatic ring is 1. The van der Waals surface area contributed by atoms with Crippen LogP contribution in [0, 0.1) is 0 Å². The van der Waals surface area contributed by atoms with Crippen LogP contribution in [-0.4, -0.2) is 27.2 Å². The fourth-order valence-electron chi connectivity index (χ4n) is 1.31. The number of carbonyl (C=O) groups excluding carboxylic acids is 1. The molecule has 0 amide bonds. The highest BCUT2D eigenvalue weighted by Gasteiger charge is 2.17. The van der Waals surface area contributed by atoms with Gasteiger partial charge in [-0.3, -0.25) is 0 Å². The largest absolute Gasteiger partial charge is 0.494 e. The zero-order chi connectivity index (χ0) is 11.4. The summed E-state index contributed by atoms with van der Waals surface area (Å²) >= 11 is 0. The number of ether oxygens (including phenoxy) is 2. The van der Waals surface area contributed by atoms with E-state index in [1.807, 2.05) is 0 Å². The standard InChI is InChI=1S/C10H14N2O3/c1-12-7-5-4-6(10(13)15-3)9(14-2)8(7)11/h4-5,12H,11H2,1-3H3. The van der Waals surface area contributed by atoms with E-state index in [9.17, 15) is 4.79 Å². The van der Waals surface area contributed by atoms with Crippen LogP contribution in [0.1, 0.15) is 10.4 Å². The summed E-state index contributed by atoms with van der Waals surface area (Å²) in [6.45, 7) is 0. The molecule has 0 aromatic heterocycles. The topological polar surface area (TPSA) is 73.6 Å². The van der Waals surface area contributed by atoms with E-state index in [-0.39, 0.29) is 0 Å². The van der Waals surface area contributed by atoms with Crippen molar-refractivity contribution >= 4 is 17.3 Å². The van der Waals surface area contributed by atoms with Crippen molar-refractivity contribution in [3.63, 3.8) is 0 Å². The quantitative estimate of drug-likeness (QED) is 0.577. The Morgan fingerprint density at radius 2 is 2.07 bits per heavy atom. The van der Waals surface area contributed by atoms with Gasteiger partial charge in [-0.15, -0.1) is 0 Å². The minimum Gasteiger partial charge on any atom is -0.494 e. The summed E-state index contributed by atoms with van der Waals surface area (Å²) in [5.74, 6) is -0.144. The summed E-state index contributed by atoms with van der Waals surface area (Å²) in [4.78, 5) is 11.4. The van der Waals surface area contributed by atoms with Gasteiger partial charge in [-0.25, -0.2) is 4.79 Å². The SMILES string of the molecule is CNc1ccc(C(=O)OC)c(OC)c1N. The lowest BCUT2D eigenvalue weighted by Crippen LogP contribution is -2.07. The number of anilines is 2. The highest BCUT2D eigenvalue weighted by atomic mass is 16.5. The van der Waals surface area contributed by atoms with Crippen molar-refractivity contribution in [1.29, 1.82) is 0 Å². The maximum Gasteiger partial charge on any atom is 0.341 e. The van der Waals surface area contributed by atoms with Crippen LogP contribution >= 0.6 is 0 Å². The minimum atomic E-state index is -0.471. The second-order valence-corrected chi connectivity index (χ2v) is 2.85. The lowest BCUT2D eigenvalue weighted by atomic mass is 10.1. The highest BCUT2D eigenvalue weighted by molar-refractivity contribution is 5.96. The number of carbonyl (C=O) groups is 1. The molecule has 1 rings (SSSR count). The Morgan fingerprint density at radius 1 is 1.40 bits per heavy atom. The molecule has 0 aliphatic rings. The average Bonchev–Trinajstić information content (AvgIpc) is 2.27. The molecule has 82 valence electrons. The Hall–Kier alpha value is -1.91. The average molecular weight is 210 g/mol. The molecule has 0 saturated heterocycles. The van der Waals surface area contributed by atoms with Crippen molar-refractivity contribution in [2.24, 2.45) is 0 Å². The summed E-state index contributed by atoms with van der Waals surface area (Å²) in [5, 5.41) is 2.90. The van der Waals surface area contributed by atoms with E-state index in [0.717, 1.165) is 0 Å². The highest BCUT2D eigenvalue weighted by Crippen LogP contribution is 2.33. The van der Waals surface area contributed by atoms with E-state index in [2.05, 4.69) is 10.1 Å². The Bertz CT molecular complexity index is 377. The summed E-state index contributed by atoms with van der Waals surface area (Å²) < 4.78 is 9.69. The molecule has 1 aromatic rings. The van der Waals surface area contributed by atoms with Gasteiger partial charge < -0.3 is 20.5 Å². The molecule has 5 heteroatoms. The zero-order valence-corrected chi connectivity index (χ0v) is 8.96. The molecule has 0 saturated carbocycles. The van der Waals surface area contributed by atoms with Crippen molar-refractivity contribution in [3.8, 4) is 5.75 Å². The minimum absolute atomic E-state index is 0.316. The lowest BCUT2D eigenvalue weighted by Gasteiger charge is -2.12. The Labute approximate surface area is 88.2 Å². The number of rotatable bonds is 3. The van der Waals surface area contributed by atoms with E-state index >= 15 is 0 Å². The number of hydrogen-bond donors (Lipinski definition) is 2. The van der Waals surface area contributed by atoms with Crippen LogP contribution in [-0.2, 0) is 4.74 Å². The molecular formula is C10H14N2O3. The van der Waals surface area contributed by atoms with Crippen LogP contribution in [0.3, 0.4) is 0 Å². The summed E-state index contributed by atoms with van der Waals surface area (Å²) in [6, 6.07) is 3.30. The molecule has 0 heterocycles. The van der Waals surface area contributed by atoms with Gasteiger partial charge in [-0.05, 0) is 12.1 Å². The molecule has 0 bridgehead atoms. The van der Waals surface area contributed by atoms with Crippen LogP contribution in [0.15, 0.2) is 12.1 Å². The number of methoxy groups -OCH3 is 2. The first kappa shape index (κ1) is 11.2. The molecule has 0 aliphatic carbocycles. The summed E-state index contributed by atoms with van der Waals surface area (Å²) in [6.07, 6.45) is 0. The zero-order valence-electron chi connectivity index (χ0n) is 8.96. The van der Waals surface area contributed by atoms with Crippen LogP contribution < -0.4 is 15.8 Å². The first-order valence-corrected chi connectivity index (χ1v) is 4.38. The fourth-order valence-corrected chi connectivity index (χ4v) is 1.31. The van der Waals surface area contributed by atoms with Crippen LogP contribution in [0.2, 0.25) is 0 Å². The van der Waals surface area contributed by atoms with Gasteiger partial charge in [-0.2, -0.15) is 0 Å². The molecule has 5 nitrogen and oxygen atoms in total.